The van der Waals surface area contributed by atoms with E-state index >= 15 is 0 Å². The van der Waals surface area contributed by atoms with Gasteiger partial charge in [-0.25, -0.2) is 12.8 Å². The first-order valence-corrected chi connectivity index (χ1v) is 7.83. The molecule has 0 aliphatic carbocycles. The number of carbonyl (C=O) groups excluding carboxylic acids is 2. The Hall–Kier alpha value is -1.76. The molecule has 108 valence electrons. The van der Waals surface area contributed by atoms with E-state index in [2.05, 4.69) is 0 Å². The Bertz CT molecular complexity index is 682. The van der Waals surface area contributed by atoms with Crippen molar-refractivity contribution < 1.29 is 22.4 Å². The smallest absolute Gasteiger partial charge is 0.299 e. The maximum absolute atomic E-state index is 13.8. The van der Waals surface area contributed by atoms with Crippen LogP contribution in [0.4, 0.5) is 10.1 Å². The minimum absolute atomic E-state index is 0.0167. The topological polar surface area (TPSA) is 71.5 Å². The number of anilines is 1. The summed E-state index contributed by atoms with van der Waals surface area (Å²) in [5.74, 6) is -2.70. The number of hydrogen-bond acceptors (Lipinski definition) is 4. The average molecular weight is 299 g/mol. The molecule has 1 aliphatic rings. The van der Waals surface area contributed by atoms with Crippen molar-refractivity contribution in [3.63, 3.8) is 0 Å². The van der Waals surface area contributed by atoms with Gasteiger partial charge in [0.25, 0.3) is 11.7 Å². The normalized spacial score (nSPS) is 15.1. The van der Waals surface area contributed by atoms with Gasteiger partial charge in [-0.05, 0) is 26.0 Å². The molecule has 1 aromatic carbocycles. The van der Waals surface area contributed by atoms with Gasteiger partial charge in [-0.15, -0.1) is 0 Å². The molecule has 0 saturated heterocycles. The number of fused-ring (bicyclic) bond motifs is 1. The Balaban J connectivity index is 2.32. The minimum Gasteiger partial charge on any atom is -0.301 e. The van der Waals surface area contributed by atoms with Crippen LogP contribution in [0, 0.1) is 5.82 Å². The second kappa shape index (κ2) is 4.97. The number of sulfone groups is 1. The maximum atomic E-state index is 13.8. The molecular weight excluding hydrogens is 285 g/mol. The number of Topliss-reactive ketones (excluding diaryl/α,β-unsaturated/α-hetero) is 1. The molecule has 0 radical (unpaired) electrons. The fourth-order valence-electron chi connectivity index (χ4n) is 1.98. The minimum atomic E-state index is -3.37. The standard InChI is InChI=1S/C13H14FNO4S/c1-8(2)20(18,19)7-6-15-11-9(12(16)13(15)17)4-3-5-10(11)14/h3-5,8H,6-7H2,1-2H3. The van der Waals surface area contributed by atoms with Gasteiger partial charge in [0.1, 0.15) is 5.82 Å². The van der Waals surface area contributed by atoms with E-state index in [1.807, 2.05) is 0 Å². The average Bonchev–Trinajstić information content (AvgIpc) is 2.62. The molecule has 20 heavy (non-hydrogen) atoms. The van der Waals surface area contributed by atoms with E-state index in [-0.39, 0.29) is 23.5 Å². The largest absolute Gasteiger partial charge is 0.301 e. The van der Waals surface area contributed by atoms with Crippen molar-refractivity contribution in [1.82, 2.24) is 0 Å². The van der Waals surface area contributed by atoms with Crippen molar-refractivity contribution in [3.8, 4) is 0 Å². The van der Waals surface area contributed by atoms with Crippen molar-refractivity contribution in [3.05, 3.63) is 29.6 Å². The van der Waals surface area contributed by atoms with Crippen molar-refractivity contribution >= 4 is 27.2 Å². The van der Waals surface area contributed by atoms with E-state index in [4.69, 9.17) is 0 Å². The second-order valence-corrected chi connectivity index (χ2v) is 7.51. The zero-order chi connectivity index (χ0) is 15.1. The Morgan fingerprint density at radius 2 is 1.90 bits per heavy atom. The number of hydrogen-bond donors (Lipinski definition) is 0. The van der Waals surface area contributed by atoms with Gasteiger partial charge in [0, 0.05) is 6.54 Å². The number of para-hydroxylation sites is 1. The highest BCUT2D eigenvalue weighted by Crippen LogP contribution is 2.31. The Morgan fingerprint density at radius 3 is 2.50 bits per heavy atom. The summed E-state index contributed by atoms with van der Waals surface area (Å²) in [6, 6.07) is 3.83. The molecule has 1 amide bonds. The zero-order valence-electron chi connectivity index (χ0n) is 11.1. The predicted molar refractivity (Wildman–Crippen MR) is 72.0 cm³/mol. The monoisotopic (exact) mass is 299 g/mol. The summed E-state index contributed by atoms with van der Waals surface area (Å²) >= 11 is 0. The van der Waals surface area contributed by atoms with E-state index < -0.39 is 32.6 Å². The van der Waals surface area contributed by atoms with Gasteiger partial charge in [-0.1, -0.05) is 6.07 Å². The van der Waals surface area contributed by atoms with Crippen LogP contribution in [-0.4, -0.2) is 37.7 Å². The van der Waals surface area contributed by atoms with Gasteiger partial charge in [0.15, 0.2) is 9.84 Å². The fraction of sp³-hybridized carbons (Fsp3) is 0.385. The van der Waals surface area contributed by atoms with Gasteiger partial charge in [-0.2, -0.15) is 0 Å². The van der Waals surface area contributed by atoms with E-state index in [0.29, 0.717) is 0 Å². The number of carbonyl (C=O) groups is 2. The summed E-state index contributed by atoms with van der Waals surface area (Å²) in [4.78, 5) is 24.4. The molecule has 1 heterocycles. The number of ketones is 1. The van der Waals surface area contributed by atoms with Crippen molar-refractivity contribution in [1.29, 1.82) is 0 Å². The molecule has 5 nitrogen and oxygen atoms in total. The third-order valence-corrected chi connectivity index (χ3v) is 5.45. The number of halogens is 1. The molecule has 0 bridgehead atoms. The van der Waals surface area contributed by atoms with E-state index in [1.54, 1.807) is 0 Å². The van der Waals surface area contributed by atoms with Crippen LogP contribution in [-0.2, 0) is 14.6 Å². The fourth-order valence-corrected chi connectivity index (χ4v) is 2.89. The number of rotatable bonds is 4. The number of nitrogens with zero attached hydrogens (tertiary/aromatic N) is 1. The highest BCUT2D eigenvalue weighted by Gasteiger charge is 2.38. The van der Waals surface area contributed by atoms with Crippen LogP contribution in [0.2, 0.25) is 0 Å². The molecule has 0 spiro atoms. The quantitative estimate of drug-likeness (QED) is 0.783. The summed E-state index contributed by atoms with van der Waals surface area (Å²) in [5, 5.41) is -0.587. The summed E-state index contributed by atoms with van der Waals surface area (Å²) < 4.78 is 37.3. The van der Waals surface area contributed by atoms with Crippen molar-refractivity contribution in [2.45, 2.75) is 19.1 Å². The van der Waals surface area contributed by atoms with Gasteiger partial charge in [-0.3, -0.25) is 9.59 Å². The van der Waals surface area contributed by atoms with E-state index in [1.165, 1.54) is 26.0 Å². The first-order chi connectivity index (χ1) is 9.25. The van der Waals surface area contributed by atoms with Crippen LogP contribution in [0.15, 0.2) is 18.2 Å². The Kier molecular flexibility index (Phi) is 3.64. The van der Waals surface area contributed by atoms with Crippen LogP contribution in [0.25, 0.3) is 0 Å². The lowest BCUT2D eigenvalue weighted by atomic mass is 10.1. The summed E-state index contributed by atoms with van der Waals surface area (Å²) in [7, 11) is -3.37. The molecule has 0 unspecified atom stereocenters. The molecule has 2 rings (SSSR count). The van der Waals surface area contributed by atoms with E-state index in [0.717, 1.165) is 11.0 Å². The summed E-state index contributed by atoms with van der Waals surface area (Å²) in [6.07, 6.45) is 0. The van der Waals surface area contributed by atoms with Gasteiger partial charge < -0.3 is 4.90 Å². The highest BCUT2D eigenvalue weighted by molar-refractivity contribution is 7.92. The third kappa shape index (κ3) is 2.33. The van der Waals surface area contributed by atoms with Crippen LogP contribution in [0.3, 0.4) is 0 Å². The second-order valence-electron chi connectivity index (χ2n) is 4.84. The SMILES string of the molecule is CC(C)S(=O)(=O)CCN1C(=O)C(=O)c2cccc(F)c21. The number of benzene rings is 1. The first-order valence-electron chi connectivity index (χ1n) is 6.12. The van der Waals surface area contributed by atoms with E-state index in [9.17, 15) is 22.4 Å². The van der Waals surface area contributed by atoms with Crippen molar-refractivity contribution in [2.24, 2.45) is 0 Å². The summed E-state index contributed by atoms with van der Waals surface area (Å²) in [6.45, 7) is 2.83. The molecular formula is C13H14FNO4S. The first kappa shape index (κ1) is 14.6. The lowest BCUT2D eigenvalue weighted by molar-refractivity contribution is -0.114. The lowest BCUT2D eigenvalue weighted by Crippen LogP contribution is -2.36. The van der Waals surface area contributed by atoms with Gasteiger partial charge >= 0.3 is 0 Å². The van der Waals surface area contributed by atoms with Crippen LogP contribution < -0.4 is 4.90 Å². The zero-order valence-corrected chi connectivity index (χ0v) is 11.9. The molecule has 0 saturated carbocycles. The molecule has 0 N–H and O–H groups in total. The Morgan fingerprint density at radius 1 is 1.25 bits per heavy atom. The molecule has 0 aromatic heterocycles. The summed E-state index contributed by atoms with van der Waals surface area (Å²) in [5.41, 5.74) is -0.140. The Labute approximate surface area is 116 Å². The molecule has 7 heteroatoms. The van der Waals surface area contributed by atoms with Gasteiger partial charge in [0.05, 0.1) is 22.3 Å². The predicted octanol–water partition coefficient (Wildman–Crippen LogP) is 1.18. The van der Waals surface area contributed by atoms with Gasteiger partial charge in [0.2, 0.25) is 0 Å². The third-order valence-electron chi connectivity index (χ3n) is 3.26. The molecule has 0 atom stereocenters. The highest BCUT2D eigenvalue weighted by atomic mass is 32.2. The lowest BCUT2D eigenvalue weighted by Gasteiger charge is -2.17. The van der Waals surface area contributed by atoms with Crippen molar-refractivity contribution in [2.75, 3.05) is 17.2 Å². The number of amides is 1. The van der Waals surface area contributed by atoms with Crippen LogP contribution in [0.5, 0.6) is 0 Å². The maximum Gasteiger partial charge on any atom is 0.299 e. The molecule has 0 fully saturated rings. The van der Waals surface area contributed by atoms with Crippen LogP contribution in [0.1, 0.15) is 24.2 Å². The van der Waals surface area contributed by atoms with Crippen LogP contribution >= 0.6 is 0 Å². The molecule has 1 aliphatic heterocycles. The molecule has 1 aromatic rings.